The Morgan fingerprint density at radius 1 is 1.21 bits per heavy atom. The van der Waals surface area contributed by atoms with E-state index in [4.69, 9.17) is 11.6 Å². The molecule has 0 fully saturated rings. The summed E-state index contributed by atoms with van der Waals surface area (Å²) in [5.41, 5.74) is 3.31. The van der Waals surface area contributed by atoms with E-state index in [2.05, 4.69) is 25.9 Å². The molecule has 96 valence electrons. The van der Waals surface area contributed by atoms with Crippen LogP contribution in [0.25, 0.3) is 22.4 Å². The summed E-state index contributed by atoms with van der Waals surface area (Å²) in [4.78, 5) is 7.56. The number of rotatable bonds is 1. The molecule has 0 aliphatic heterocycles. The van der Waals surface area contributed by atoms with E-state index < -0.39 is 0 Å². The van der Waals surface area contributed by atoms with Crippen molar-refractivity contribution in [1.29, 1.82) is 0 Å². The van der Waals surface area contributed by atoms with Gasteiger partial charge in [0.25, 0.3) is 0 Å². The highest BCUT2D eigenvalue weighted by atomic mass is 79.9. The summed E-state index contributed by atoms with van der Waals surface area (Å²) >= 11 is 9.20. The van der Waals surface area contributed by atoms with Crippen LogP contribution in [0, 0.1) is 12.7 Å². The molecule has 0 atom stereocenters. The molecule has 1 heterocycles. The smallest absolute Gasteiger partial charge is 0.139 e. The first-order valence-electron chi connectivity index (χ1n) is 5.65. The molecule has 3 aromatic rings. The molecule has 1 aromatic heterocycles. The zero-order valence-corrected chi connectivity index (χ0v) is 12.3. The molecule has 2 aromatic carbocycles. The van der Waals surface area contributed by atoms with Gasteiger partial charge in [0.1, 0.15) is 11.6 Å². The van der Waals surface area contributed by atoms with Crippen LogP contribution < -0.4 is 0 Å². The highest BCUT2D eigenvalue weighted by molar-refractivity contribution is 9.10. The number of hydrogen-bond acceptors (Lipinski definition) is 1. The molecule has 3 rings (SSSR count). The number of halogens is 3. The molecular weight excluding hydrogens is 331 g/mol. The van der Waals surface area contributed by atoms with Crippen molar-refractivity contribution < 1.29 is 4.39 Å². The molecule has 0 radical (unpaired) electrons. The minimum Gasteiger partial charge on any atom is -0.338 e. The molecule has 0 aliphatic carbocycles. The molecule has 19 heavy (non-hydrogen) atoms. The predicted molar refractivity (Wildman–Crippen MR) is 78.9 cm³/mol. The van der Waals surface area contributed by atoms with Crippen molar-refractivity contribution in [3.63, 3.8) is 0 Å². The van der Waals surface area contributed by atoms with Crippen LogP contribution in [-0.2, 0) is 0 Å². The predicted octanol–water partition coefficient (Wildman–Crippen LogP) is 5.09. The van der Waals surface area contributed by atoms with Crippen molar-refractivity contribution in [1.82, 2.24) is 9.97 Å². The van der Waals surface area contributed by atoms with Crippen LogP contribution in [0.1, 0.15) is 5.56 Å². The van der Waals surface area contributed by atoms with E-state index in [1.807, 2.05) is 25.1 Å². The van der Waals surface area contributed by atoms with Gasteiger partial charge in [0.2, 0.25) is 0 Å². The number of H-pyrrole nitrogens is 1. The summed E-state index contributed by atoms with van der Waals surface area (Å²) < 4.78 is 13.9. The Bertz CT molecular complexity index is 723. The van der Waals surface area contributed by atoms with Crippen LogP contribution >= 0.6 is 27.5 Å². The van der Waals surface area contributed by atoms with Gasteiger partial charge >= 0.3 is 0 Å². The van der Waals surface area contributed by atoms with Gasteiger partial charge in [0.15, 0.2) is 0 Å². The van der Waals surface area contributed by atoms with Crippen LogP contribution in [0.2, 0.25) is 5.02 Å². The molecule has 0 spiro atoms. The molecule has 0 amide bonds. The van der Waals surface area contributed by atoms with Crippen molar-refractivity contribution in [2.24, 2.45) is 0 Å². The van der Waals surface area contributed by atoms with Gasteiger partial charge in [0, 0.05) is 16.7 Å². The van der Waals surface area contributed by atoms with Gasteiger partial charge in [-0.2, -0.15) is 0 Å². The summed E-state index contributed by atoms with van der Waals surface area (Å²) in [6.45, 7) is 1.97. The SMILES string of the molecule is Cc1cc(Cl)cc(-c2nc3cc(Br)c(F)cc3[nH]2)c1. The van der Waals surface area contributed by atoms with E-state index in [1.165, 1.54) is 6.07 Å². The molecule has 1 N–H and O–H groups in total. The van der Waals surface area contributed by atoms with E-state index in [1.54, 1.807) is 6.07 Å². The van der Waals surface area contributed by atoms with Gasteiger partial charge in [-0.25, -0.2) is 9.37 Å². The maximum atomic E-state index is 13.5. The summed E-state index contributed by atoms with van der Waals surface area (Å²) in [6.07, 6.45) is 0. The second kappa shape index (κ2) is 4.62. The van der Waals surface area contributed by atoms with Gasteiger partial charge in [-0.15, -0.1) is 0 Å². The zero-order valence-electron chi connectivity index (χ0n) is 9.97. The number of benzene rings is 2. The first-order valence-corrected chi connectivity index (χ1v) is 6.82. The third-order valence-corrected chi connectivity index (χ3v) is 3.67. The number of nitrogens with one attached hydrogen (secondary N) is 1. The third kappa shape index (κ3) is 2.38. The molecular formula is C14H9BrClFN2. The standard InChI is InChI=1S/C14H9BrClFN2/c1-7-2-8(4-9(16)3-7)14-18-12-5-10(15)11(17)6-13(12)19-14/h2-6H,1H3,(H,18,19). The lowest BCUT2D eigenvalue weighted by atomic mass is 10.1. The van der Waals surface area contributed by atoms with Gasteiger partial charge in [0.05, 0.1) is 15.5 Å². The maximum absolute atomic E-state index is 13.5. The van der Waals surface area contributed by atoms with E-state index in [-0.39, 0.29) is 5.82 Å². The monoisotopic (exact) mass is 338 g/mol. The Hall–Kier alpha value is -1.39. The average molecular weight is 340 g/mol. The zero-order chi connectivity index (χ0) is 13.6. The highest BCUT2D eigenvalue weighted by Crippen LogP contribution is 2.27. The average Bonchev–Trinajstić information content (AvgIpc) is 2.71. The van der Waals surface area contributed by atoms with Crippen LogP contribution in [-0.4, -0.2) is 9.97 Å². The van der Waals surface area contributed by atoms with Gasteiger partial charge < -0.3 is 4.98 Å². The topological polar surface area (TPSA) is 28.7 Å². The number of hydrogen-bond donors (Lipinski definition) is 1. The number of nitrogens with zero attached hydrogens (tertiary/aromatic N) is 1. The summed E-state index contributed by atoms with van der Waals surface area (Å²) in [6, 6.07) is 8.77. The van der Waals surface area contributed by atoms with Crippen molar-refractivity contribution >= 4 is 38.6 Å². The Morgan fingerprint density at radius 3 is 2.74 bits per heavy atom. The number of aryl methyl sites for hydroxylation is 1. The summed E-state index contributed by atoms with van der Waals surface area (Å²) in [7, 11) is 0. The molecule has 0 saturated heterocycles. The van der Waals surface area contributed by atoms with E-state index in [0.717, 1.165) is 11.1 Å². The number of aromatic nitrogens is 2. The second-order valence-electron chi connectivity index (χ2n) is 4.39. The third-order valence-electron chi connectivity index (χ3n) is 2.84. The fourth-order valence-electron chi connectivity index (χ4n) is 2.01. The first kappa shape index (κ1) is 12.6. The minimum atomic E-state index is -0.315. The van der Waals surface area contributed by atoms with E-state index in [0.29, 0.717) is 26.4 Å². The van der Waals surface area contributed by atoms with Gasteiger partial charge in [-0.1, -0.05) is 11.6 Å². The van der Waals surface area contributed by atoms with E-state index in [9.17, 15) is 4.39 Å². The molecule has 0 saturated carbocycles. The lowest BCUT2D eigenvalue weighted by molar-refractivity contribution is 0.623. The van der Waals surface area contributed by atoms with Crippen molar-refractivity contribution in [3.05, 3.63) is 51.2 Å². The number of imidazole rings is 1. The van der Waals surface area contributed by atoms with Gasteiger partial charge in [-0.05, 0) is 52.7 Å². The molecule has 0 aliphatic rings. The van der Waals surface area contributed by atoms with Crippen LogP contribution in [0.5, 0.6) is 0 Å². The number of aromatic amines is 1. The Labute approximate surface area is 122 Å². The van der Waals surface area contributed by atoms with Crippen LogP contribution in [0.4, 0.5) is 4.39 Å². The highest BCUT2D eigenvalue weighted by Gasteiger charge is 2.09. The van der Waals surface area contributed by atoms with Crippen LogP contribution in [0.3, 0.4) is 0 Å². The fourth-order valence-corrected chi connectivity index (χ4v) is 2.64. The first-order chi connectivity index (χ1) is 9.02. The normalized spacial score (nSPS) is 11.2. The van der Waals surface area contributed by atoms with Crippen molar-refractivity contribution in [2.75, 3.05) is 0 Å². The lowest BCUT2D eigenvalue weighted by Gasteiger charge is -2.00. The Morgan fingerprint density at radius 2 is 2.00 bits per heavy atom. The van der Waals surface area contributed by atoms with E-state index >= 15 is 0 Å². The molecule has 0 unspecified atom stereocenters. The van der Waals surface area contributed by atoms with Gasteiger partial charge in [-0.3, -0.25) is 0 Å². The maximum Gasteiger partial charge on any atom is 0.139 e. The quantitative estimate of drug-likeness (QED) is 0.657. The Balaban J connectivity index is 2.20. The van der Waals surface area contributed by atoms with Crippen LogP contribution in [0.15, 0.2) is 34.8 Å². The lowest BCUT2D eigenvalue weighted by Crippen LogP contribution is -1.82. The van der Waals surface area contributed by atoms with Crippen molar-refractivity contribution in [2.45, 2.75) is 6.92 Å². The largest absolute Gasteiger partial charge is 0.338 e. The fraction of sp³-hybridized carbons (Fsp3) is 0.0714. The number of fused-ring (bicyclic) bond motifs is 1. The molecule has 5 heteroatoms. The molecule has 2 nitrogen and oxygen atoms in total. The molecule has 0 bridgehead atoms. The summed E-state index contributed by atoms with van der Waals surface area (Å²) in [5.74, 6) is 0.364. The Kier molecular flexibility index (Phi) is 3.07. The minimum absolute atomic E-state index is 0.315. The summed E-state index contributed by atoms with van der Waals surface area (Å²) in [5, 5.41) is 0.655. The van der Waals surface area contributed by atoms with Crippen molar-refractivity contribution in [3.8, 4) is 11.4 Å². The second-order valence-corrected chi connectivity index (χ2v) is 5.68.